The first-order valence-electron chi connectivity index (χ1n) is 5.73. The van der Waals surface area contributed by atoms with Crippen LogP contribution in [0.4, 0.5) is 17.6 Å². The lowest BCUT2D eigenvalue weighted by Gasteiger charge is -2.08. The van der Waals surface area contributed by atoms with Crippen LogP contribution < -0.4 is 0 Å². The molecule has 0 fully saturated rings. The first-order valence-corrected chi connectivity index (χ1v) is 6.55. The number of carboxylic acid groups (broad SMARTS) is 1. The normalized spacial score (nSPS) is 11.7. The number of rotatable bonds is 3. The molecule has 0 unspecified atom stereocenters. The Morgan fingerprint density at radius 1 is 1.38 bits per heavy atom. The lowest BCUT2D eigenvalue weighted by molar-refractivity contribution is -0.140. The Balaban J connectivity index is 2.27. The molecule has 1 heterocycles. The van der Waals surface area contributed by atoms with Gasteiger partial charge in [0.05, 0.1) is 16.3 Å². The van der Waals surface area contributed by atoms with E-state index in [0.29, 0.717) is 22.3 Å². The second-order valence-electron chi connectivity index (χ2n) is 4.32. The molecule has 1 N–H and O–H groups in total. The van der Waals surface area contributed by atoms with Gasteiger partial charge in [-0.15, -0.1) is 11.3 Å². The largest absolute Gasteiger partial charge is 0.477 e. The van der Waals surface area contributed by atoms with Gasteiger partial charge in [0.25, 0.3) is 0 Å². The zero-order valence-electron chi connectivity index (χ0n) is 10.7. The third-order valence-corrected chi connectivity index (χ3v) is 3.87. The van der Waals surface area contributed by atoms with Crippen LogP contribution in [0.1, 0.15) is 31.5 Å². The van der Waals surface area contributed by atoms with E-state index in [0.717, 1.165) is 23.5 Å². The lowest BCUT2D eigenvalue weighted by atomic mass is 10.1. The summed E-state index contributed by atoms with van der Waals surface area (Å²) < 4.78 is 50.7. The number of aryl methyl sites for hydroxylation is 1. The minimum absolute atomic E-state index is 0.0670. The van der Waals surface area contributed by atoms with Crippen molar-refractivity contribution >= 4 is 17.3 Å². The van der Waals surface area contributed by atoms with E-state index < -0.39 is 23.5 Å². The van der Waals surface area contributed by atoms with Gasteiger partial charge in [0.2, 0.25) is 0 Å². The molecule has 21 heavy (non-hydrogen) atoms. The number of thiazole rings is 1. The molecule has 8 heteroatoms. The molecular weight excluding hydrogens is 310 g/mol. The van der Waals surface area contributed by atoms with E-state index in [2.05, 4.69) is 4.98 Å². The Hall–Kier alpha value is -1.96. The molecule has 2 rings (SSSR count). The summed E-state index contributed by atoms with van der Waals surface area (Å²) in [6.07, 6.45) is -4.66. The number of halogens is 4. The molecule has 3 nitrogen and oxygen atoms in total. The minimum Gasteiger partial charge on any atom is -0.477 e. The average Bonchev–Trinajstić information content (AvgIpc) is 2.68. The molecular formula is C13H9F4NO2S. The van der Waals surface area contributed by atoms with Crippen LogP contribution in [0.15, 0.2) is 18.2 Å². The summed E-state index contributed by atoms with van der Waals surface area (Å²) in [4.78, 5) is 15.0. The molecule has 0 aliphatic heterocycles. The van der Waals surface area contributed by atoms with Gasteiger partial charge in [-0.3, -0.25) is 0 Å². The Kier molecular flexibility index (Phi) is 3.99. The second kappa shape index (κ2) is 5.44. The van der Waals surface area contributed by atoms with Gasteiger partial charge in [-0.25, -0.2) is 14.2 Å². The fourth-order valence-corrected chi connectivity index (χ4v) is 2.74. The molecule has 1 aromatic carbocycles. The van der Waals surface area contributed by atoms with E-state index >= 15 is 0 Å². The molecule has 0 saturated carbocycles. The molecule has 1 aromatic heterocycles. The summed E-state index contributed by atoms with van der Waals surface area (Å²) in [5.41, 5.74) is -0.700. The standard InChI is InChI=1S/C13H9F4NO2S/c1-6-11(12(19)20)21-10(18-6)5-7-2-3-8(9(14)4-7)13(15,16)17/h2-4H,5H2,1H3,(H,19,20). The van der Waals surface area contributed by atoms with Crippen LogP contribution in [-0.4, -0.2) is 16.1 Å². The van der Waals surface area contributed by atoms with Crippen molar-refractivity contribution < 1.29 is 27.5 Å². The summed E-state index contributed by atoms with van der Waals surface area (Å²) in [6.45, 7) is 1.52. The Morgan fingerprint density at radius 3 is 2.52 bits per heavy atom. The van der Waals surface area contributed by atoms with Gasteiger partial charge in [0.1, 0.15) is 10.7 Å². The SMILES string of the molecule is Cc1nc(Cc2ccc(C(F)(F)F)c(F)c2)sc1C(=O)O. The van der Waals surface area contributed by atoms with Crippen LogP contribution >= 0.6 is 11.3 Å². The first kappa shape index (κ1) is 15.4. The van der Waals surface area contributed by atoms with E-state index in [1.54, 1.807) is 0 Å². The summed E-state index contributed by atoms with van der Waals surface area (Å²) in [6, 6.07) is 2.62. The van der Waals surface area contributed by atoms with Gasteiger partial charge < -0.3 is 5.11 Å². The van der Waals surface area contributed by atoms with Gasteiger partial charge in [-0.1, -0.05) is 6.07 Å². The maximum atomic E-state index is 13.4. The van der Waals surface area contributed by atoms with E-state index in [1.165, 1.54) is 6.92 Å². The van der Waals surface area contributed by atoms with Gasteiger partial charge in [-0.2, -0.15) is 13.2 Å². The molecule has 0 amide bonds. The molecule has 0 aliphatic rings. The molecule has 2 aromatic rings. The molecule has 0 spiro atoms. The van der Waals surface area contributed by atoms with Crippen molar-refractivity contribution in [3.8, 4) is 0 Å². The first-order chi connectivity index (χ1) is 9.68. The lowest BCUT2D eigenvalue weighted by Crippen LogP contribution is -2.08. The molecule has 0 radical (unpaired) electrons. The summed E-state index contributed by atoms with van der Waals surface area (Å²) in [5, 5.41) is 9.31. The molecule has 112 valence electrons. The number of aromatic carboxylic acids is 1. The summed E-state index contributed by atoms with van der Waals surface area (Å²) >= 11 is 0.923. The number of benzene rings is 1. The van der Waals surface area contributed by atoms with E-state index in [-0.39, 0.29) is 11.3 Å². The van der Waals surface area contributed by atoms with Crippen molar-refractivity contribution in [3.63, 3.8) is 0 Å². The van der Waals surface area contributed by atoms with E-state index in [1.807, 2.05) is 0 Å². The van der Waals surface area contributed by atoms with Gasteiger partial charge in [0, 0.05) is 6.42 Å². The predicted molar refractivity (Wildman–Crippen MR) is 68.0 cm³/mol. The number of alkyl halides is 3. The van der Waals surface area contributed by atoms with E-state index in [9.17, 15) is 22.4 Å². The van der Waals surface area contributed by atoms with Crippen molar-refractivity contribution in [1.82, 2.24) is 4.98 Å². The van der Waals surface area contributed by atoms with Crippen LogP contribution in [0, 0.1) is 12.7 Å². The number of carbonyl (C=O) groups is 1. The topological polar surface area (TPSA) is 50.2 Å². The monoisotopic (exact) mass is 319 g/mol. The maximum Gasteiger partial charge on any atom is 0.419 e. The van der Waals surface area contributed by atoms with Crippen LogP contribution in [0.5, 0.6) is 0 Å². The number of carboxylic acids is 1. The second-order valence-corrected chi connectivity index (χ2v) is 5.40. The van der Waals surface area contributed by atoms with Crippen LogP contribution in [0.25, 0.3) is 0 Å². The molecule has 0 bridgehead atoms. The highest BCUT2D eigenvalue weighted by atomic mass is 32.1. The van der Waals surface area contributed by atoms with Crippen LogP contribution in [0.3, 0.4) is 0 Å². The highest BCUT2D eigenvalue weighted by Crippen LogP contribution is 2.32. The van der Waals surface area contributed by atoms with Gasteiger partial charge >= 0.3 is 12.1 Å². The number of aromatic nitrogens is 1. The highest BCUT2D eigenvalue weighted by molar-refractivity contribution is 7.13. The molecule has 0 atom stereocenters. The zero-order valence-corrected chi connectivity index (χ0v) is 11.5. The van der Waals surface area contributed by atoms with Gasteiger partial charge in [-0.05, 0) is 24.6 Å². The quantitative estimate of drug-likeness (QED) is 0.873. The van der Waals surface area contributed by atoms with Crippen molar-refractivity contribution in [2.24, 2.45) is 0 Å². The van der Waals surface area contributed by atoms with Crippen molar-refractivity contribution in [2.75, 3.05) is 0 Å². The number of hydrogen-bond acceptors (Lipinski definition) is 3. The van der Waals surface area contributed by atoms with Gasteiger partial charge in [0.15, 0.2) is 0 Å². The number of nitrogens with zero attached hydrogens (tertiary/aromatic N) is 1. The summed E-state index contributed by atoms with van der Waals surface area (Å²) in [5.74, 6) is -2.47. The number of hydrogen-bond donors (Lipinski definition) is 1. The van der Waals surface area contributed by atoms with Crippen molar-refractivity contribution in [3.05, 3.63) is 50.7 Å². The van der Waals surface area contributed by atoms with Crippen molar-refractivity contribution in [2.45, 2.75) is 19.5 Å². The molecule has 0 aliphatic carbocycles. The van der Waals surface area contributed by atoms with E-state index in [4.69, 9.17) is 5.11 Å². The Labute approximate surface area is 120 Å². The molecule has 0 saturated heterocycles. The minimum atomic E-state index is -4.74. The fraction of sp³-hybridized carbons (Fsp3) is 0.231. The highest BCUT2D eigenvalue weighted by Gasteiger charge is 2.33. The maximum absolute atomic E-state index is 13.4. The fourth-order valence-electron chi connectivity index (χ4n) is 1.80. The smallest absolute Gasteiger partial charge is 0.419 e. The third-order valence-electron chi connectivity index (χ3n) is 2.73. The average molecular weight is 319 g/mol. The zero-order chi connectivity index (χ0) is 15.8. The Morgan fingerprint density at radius 2 is 2.05 bits per heavy atom. The Bertz CT molecular complexity index is 694. The van der Waals surface area contributed by atoms with Crippen LogP contribution in [-0.2, 0) is 12.6 Å². The van der Waals surface area contributed by atoms with Crippen molar-refractivity contribution in [1.29, 1.82) is 0 Å². The summed E-state index contributed by atoms with van der Waals surface area (Å²) in [7, 11) is 0. The van der Waals surface area contributed by atoms with Crippen LogP contribution in [0.2, 0.25) is 0 Å². The predicted octanol–water partition coefficient (Wildman–Crippen LogP) is 3.90. The third kappa shape index (κ3) is 3.38.